The molecule has 0 saturated heterocycles. The van der Waals surface area contributed by atoms with E-state index in [1.54, 1.807) is 6.07 Å². The van der Waals surface area contributed by atoms with Gasteiger partial charge in [0.15, 0.2) is 0 Å². The van der Waals surface area contributed by atoms with Crippen LogP contribution in [0.5, 0.6) is 5.75 Å². The molecule has 0 amide bonds. The highest BCUT2D eigenvalue weighted by molar-refractivity contribution is 6.05. The molecular formula is C24H20N2O2. The van der Waals surface area contributed by atoms with Crippen LogP contribution in [0.3, 0.4) is 0 Å². The number of carbonyl (C=O) groups is 1. The van der Waals surface area contributed by atoms with E-state index in [0.717, 1.165) is 22.0 Å². The zero-order chi connectivity index (χ0) is 19.2. The average molecular weight is 368 g/mol. The summed E-state index contributed by atoms with van der Waals surface area (Å²) in [6, 6.07) is 30.8. The maximum atomic E-state index is 12.6. The molecule has 4 heteroatoms. The first-order chi connectivity index (χ1) is 13.8. The molecule has 0 aromatic heterocycles. The van der Waals surface area contributed by atoms with Gasteiger partial charge in [-0.3, -0.25) is 0 Å². The zero-order valence-electron chi connectivity index (χ0n) is 15.3. The van der Waals surface area contributed by atoms with Gasteiger partial charge in [0.1, 0.15) is 5.75 Å². The van der Waals surface area contributed by atoms with Crippen LogP contribution in [0.4, 0.5) is 5.69 Å². The Labute approximate surface area is 163 Å². The van der Waals surface area contributed by atoms with Gasteiger partial charge in [0.25, 0.3) is 0 Å². The standard InChI is InChI=1S/C24H20N2O2/c27-24(23-12-6-8-19-7-4-5-11-22(19)23)28-21-15-13-18(14-16-21)17-25-26-20-9-2-1-3-10-20/h1-16,25-26H,17H2. The molecular weight excluding hydrogens is 348 g/mol. The number of hydrogen-bond donors (Lipinski definition) is 2. The summed E-state index contributed by atoms with van der Waals surface area (Å²) >= 11 is 0. The highest BCUT2D eigenvalue weighted by Gasteiger charge is 2.12. The maximum Gasteiger partial charge on any atom is 0.344 e. The molecule has 0 radical (unpaired) electrons. The third-order valence-corrected chi connectivity index (χ3v) is 4.44. The number of esters is 1. The lowest BCUT2D eigenvalue weighted by molar-refractivity contribution is 0.0737. The fraction of sp³-hybridized carbons (Fsp3) is 0.0417. The van der Waals surface area contributed by atoms with Crippen LogP contribution >= 0.6 is 0 Å². The summed E-state index contributed by atoms with van der Waals surface area (Å²) in [5.41, 5.74) is 8.96. The van der Waals surface area contributed by atoms with E-state index in [2.05, 4.69) is 10.9 Å². The smallest absolute Gasteiger partial charge is 0.344 e. The van der Waals surface area contributed by atoms with Gasteiger partial charge < -0.3 is 10.2 Å². The first-order valence-corrected chi connectivity index (χ1v) is 9.12. The number of fused-ring (bicyclic) bond motifs is 1. The number of anilines is 1. The molecule has 0 aliphatic rings. The van der Waals surface area contributed by atoms with Gasteiger partial charge >= 0.3 is 5.97 Å². The van der Waals surface area contributed by atoms with Crippen LogP contribution in [0.25, 0.3) is 10.8 Å². The van der Waals surface area contributed by atoms with Gasteiger partial charge in [-0.1, -0.05) is 66.7 Å². The van der Waals surface area contributed by atoms with Crippen molar-refractivity contribution in [1.82, 2.24) is 5.43 Å². The summed E-state index contributed by atoms with van der Waals surface area (Å²) in [6.07, 6.45) is 0. The molecule has 2 N–H and O–H groups in total. The molecule has 0 aliphatic heterocycles. The summed E-state index contributed by atoms with van der Waals surface area (Å²) in [5.74, 6) is 0.172. The fourth-order valence-electron chi connectivity index (χ4n) is 3.01. The van der Waals surface area contributed by atoms with Gasteiger partial charge in [0.05, 0.1) is 5.56 Å². The van der Waals surface area contributed by atoms with Crippen molar-refractivity contribution in [3.63, 3.8) is 0 Å². The first kappa shape index (κ1) is 17.8. The molecule has 0 unspecified atom stereocenters. The minimum atomic E-state index is -0.353. The summed E-state index contributed by atoms with van der Waals surface area (Å²) < 4.78 is 5.56. The molecule has 0 atom stereocenters. The van der Waals surface area contributed by atoms with Gasteiger partial charge in [-0.25, -0.2) is 10.2 Å². The fourth-order valence-corrected chi connectivity index (χ4v) is 3.01. The van der Waals surface area contributed by atoms with E-state index in [4.69, 9.17) is 4.74 Å². The largest absolute Gasteiger partial charge is 0.423 e. The molecule has 28 heavy (non-hydrogen) atoms. The lowest BCUT2D eigenvalue weighted by Gasteiger charge is -2.10. The number of rotatable bonds is 6. The molecule has 0 aliphatic carbocycles. The Balaban J connectivity index is 1.38. The summed E-state index contributed by atoms with van der Waals surface area (Å²) in [7, 11) is 0. The Hall–Kier alpha value is -3.63. The summed E-state index contributed by atoms with van der Waals surface area (Å²) in [4.78, 5) is 12.6. The number of hydrazine groups is 1. The van der Waals surface area contributed by atoms with Gasteiger partial charge in [-0.15, -0.1) is 0 Å². The lowest BCUT2D eigenvalue weighted by Crippen LogP contribution is -2.20. The molecule has 4 nitrogen and oxygen atoms in total. The molecule has 0 heterocycles. The molecule has 0 spiro atoms. The van der Waals surface area contributed by atoms with Crippen LogP contribution < -0.4 is 15.6 Å². The van der Waals surface area contributed by atoms with E-state index >= 15 is 0 Å². The van der Waals surface area contributed by atoms with Gasteiger partial charge in [0.2, 0.25) is 0 Å². The highest BCUT2D eigenvalue weighted by atomic mass is 16.5. The molecule has 138 valence electrons. The predicted octanol–water partition coefficient (Wildman–Crippen LogP) is 5.18. The van der Waals surface area contributed by atoms with E-state index in [1.807, 2.05) is 91.0 Å². The maximum absolute atomic E-state index is 12.6. The average Bonchev–Trinajstić information content (AvgIpc) is 2.75. The third kappa shape index (κ3) is 4.19. The minimum Gasteiger partial charge on any atom is -0.423 e. The molecule has 0 fully saturated rings. The minimum absolute atomic E-state index is 0.353. The van der Waals surface area contributed by atoms with Crippen molar-refractivity contribution in [1.29, 1.82) is 0 Å². The number of para-hydroxylation sites is 1. The Morgan fingerprint density at radius 3 is 2.29 bits per heavy atom. The quantitative estimate of drug-likeness (QED) is 0.280. The molecule has 0 bridgehead atoms. The van der Waals surface area contributed by atoms with Crippen molar-refractivity contribution >= 4 is 22.4 Å². The number of hydrogen-bond acceptors (Lipinski definition) is 4. The molecule has 4 aromatic rings. The Morgan fingerprint density at radius 1 is 0.750 bits per heavy atom. The van der Waals surface area contributed by atoms with Crippen LogP contribution in [0, 0.1) is 0 Å². The van der Waals surface area contributed by atoms with E-state index < -0.39 is 0 Å². The summed E-state index contributed by atoms with van der Waals surface area (Å²) in [6.45, 7) is 0.645. The van der Waals surface area contributed by atoms with Crippen molar-refractivity contribution < 1.29 is 9.53 Å². The monoisotopic (exact) mass is 368 g/mol. The topological polar surface area (TPSA) is 50.4 Å². The molecule has 0 saturated carbocycles. The number of nitrogens with one attached hydrogen (secondary N) is 2. The van der Waals surface area contributed by atoms with Crippen LogP contribution in [0.1, 0.15) is 15.9 Å². The Bertz CT molecular complexity index is 1070. The second-order valence-corrected chi connectivity index (χ2v) is 6.40. The second kappa shape index (κ2) is 8.37. The van der Waals surface area contributed by atoms with Crippen molar-refractivity contribution in [3.8, 4) is 5.75 Å². The van der Waals surface area contributed by atoms with Crippen LogP contribution in [0.15, 0.2) is 97.1 Å². The van der Waals surface area contributed by atoms with Crippen molar-refractivity contribution in [3.05, 3.63) is 108 Å². The summed E-state index contributed by atoms with van der Waals surface area (Å²) in [5, 5.41) is 1.91. The molecule has 4 aromatic carbocycles. The van der Waals surface area contributed by atoms with E-state index in [-0.39, 0.29) is 5.97 Å². The normalized spacial score (nSPS) is 10.6. The van der Waals surface area contributed by atoms with Crippen molar-refractivity contribution in [2.45, 2.75) is 6.54 Å². The number of ether oxygens (including phenoxy) is 1. The van der Waals surface area contributed by atoms with E-state index in [1.165, 1.54) is 0 Å². The van der Waals surface area contributed by atoms with Gasteiger partial charge in [0, 0.05) is 12.2 Å². The van der Waals surface area contributed by atoms with Gasteiger partial charge in [-0.2, -0.15) is 0 Å². The second-order valence-electron chi connectivity index (χ2n) is 6.40. The van der Waals surface area contributed by atoms with E-state index in [9.17, 15) is 4.79 Å². The first-order valence-electron chi connectivity index (χ1n) is 9.12. The third-order valence-electron chi connectivity index (χ3n) is 4.44. The van der Waals surface area contributed by atoms with Crippen LogP contribution in [0.2, 0.25) is 0 Å². The van der Waals surface area contributed by atoms with E-state index in [0.29, 0.717) is 17.9 Å². The van der Waals surface area contributed by atoms with Crippen molar-refractivity contribution in [2.75, 3.05) is 5.43 Å². The number of benzene rings is 4. The number of carbonyl (C=O) groups excluding carboxylic acids is 1. The zero-order valence-corrected chi connectivity index (χ0v) is 15.3. The molecule has 4 rings (SSSR count). The van der Waals surface area contributed by atoms with Crippen molar-refractivity contribution in [2.24, 2.45) is 0 Å². The van der Waals surface area contributed by atoms with Gasteiger partial charge in [-0.05, 0) is 46.7 Å². The Morgan fingerprint density at radius 2 is 1.46 bits per heavy atom. The SMILES string of the molecule is O=C(Oc1ccc(CNNc2ccccc2)cc1)c1cccc2ccccc12. The lowest BCUT2D eigenvalue weighted by atomic mass is 10.0. The highest BCUT2D eigenvalue weighted by Crippen LogP contribution is 2.21. The Kier molecular flexibility index (Phi) is 5.31. The predicted molar refractivity (Wildman–Crippen MR) is 112 cm³/mol. The van der Waals surface area contributed by atoms with Crippen LogP contribution in [-0.4, -0.2) is 5.97 Å². The van der Waals surface area contributed by atoms with Crippen LogP contribution in [-0.2, 0) is 6.54 Å².